The lowest BCUT2D eigenvalue weighted by Crippen LogP contribution is -1.93. The summed E-state index contributed by atoms with van der Waals surface area (Å²) in [5.74, 6) is 0. The Morgan fingerprint density at radius 2 is 1.40 bits per heavy atom. The number of hydrogen-bond donors (Lipinski definition) is 0. The first-order chi connectivity index (χ1) is 12.3. The third-order valence-corrected chi connectivity index (χ3v) is 5.14. The molecule has 0 bridgehead atoms. The fraction of sp³-hybridized carbons (Fsp3) is 0.0833. The molecule has 1 heterocycles. The van der Waals surface area contributed by atoms with Crippen molar-refractivity contribution in [1.29, 1.82) is 0 Å². The van der Waals surface area contributed by atoms with Crippen molar-refractivity contribution in [3.63, 3.8) is 0 Å². The van der Waals surface area contributed by atoms with E-state index < -0.39 is 0 Å². The minimum atomic E-state index is 1.06. The van der Waals surface area contributed by atoms with Crippen molar-refractivity contribution in [2.75, 3.05) is 0 Å². The number of aryl methyl sites for hydroxylation is 1. The second-order valence-electron chi connectivity index (χ2n) is 6.59. The maximum Gasteiger partial charge on any atom is 0.0541 e. The predicted octanol–water partition coefficient (Wildman–Crippen LogP) is 6.50. The molecule has 0 saturated heterocycles. The molecule has 120 valence electrons. The van der Waals surface area contributed by atoms with Gasteiger partial charge >= 0.3 is 0 Å². The number of aromatic nitrogens is 1. The molecular formula is C24H19N. The molecule has 1 nitrogen and oxygen atoms in total. The molecule has 0 aliphatic rings. The number of hydrogen-bond acceptors (Lipinski definition) is 0. The molecule has 0 aliphatic heterocycles. The van der Waals surface area contributed by atoms with Gasteiger partial charge in [-0.25, -0.2) is 0 Å². The Morgan fingerprint density at radius 3 is 2.28 bits per heavy atom. The van der Waals surface area contributed by atoms with Crippen LogP contribution in [0, 0.1) is 0 Å². The molecule has 25 heavy (non-hydrogen) atoms. The van der Waals surface area contributed by atoms with E-state index in [1.165, 1.54) is 43.8 Å². The van der Waals surface area contributed by atoms with Gasteiger partial charge in [0, 0.05) is 16.5 Å². The van der Waals surface area contributed by atoms with Crippen molar-refractivity contribution < 1.29 is 0 Å². The van der Waals surface area contributed by atoms with Gasteiger partial charge in [0.1, 0.15) is 0 Å². The van der Waals surface area contributed by atoms with Crippen LogP contribution in [0.5, 0.6) is 0 Å². The van der Waals surface area contributed by atoms with Gasteiger partial charge in [-0.1, -0.05) is 61.5 Å². The highest BCUT2D eigenvalue weighted by Crippen LogP contribution is 2.33. The summed E-state index contributed by atoms with van der Waals surface area (Å²) in [5.41, 5.74) is 5.14. The van der Waals surface area contributed by atoms with Gasteiger partial charge in [0.2, 0.25) is 0 Å². The quantitative estimate of drug-likeness (QED) is 0.350. The van der Waals surface area contributed by atoms with Crippen molar-refractivity contribution in [2.45, 2.75) is 13.3 Å². The van der Waals surface area contributed by atoms with Crippen LogP contribution in [0.2, 0.25) is 0 Å². The molecular weight excluding hydrogens is 302 g/mol. The average molecular weight is 321 g/mol. The smallest absolute Gasteiger partial charge is 0.0541 e. The lowest BCUT2D eigenvalue weighted by atomic mass is 10.1. The van der Waals surface area contributed by atoms with Gasteiger partial charge in [-0.15, -0.1) is 0 Å². The normalized spacial score (nSPS) is 11.6. The third-order valence-electron chi connectivity index (χ3n) is 5.14. The minimum absolute atomic E-state index is 1.06. The van der Waals surface area contributed by atoms with E-state index >= 15 is 0 Å². The van der Waals surface area contributed by atoms with Crippen LogP contribution in [0.25, 0.3) is 38.3 Å². The highest BCUT2D eigenvalue weighted by molar-refractivity contribution is 6.09. The minimum Gasteiger partial charge on any atom is -0.309 e. The van der Waals surface area contributed by atoms with Gasteiger partial charge in [0.25, 0.3) is 0 Å². The fourth-order valence-electron chi connectivity index (χ4n) is 3.83. The summed E-state index contributed by atoms with van der Waals surface area (Å²) in [6, 6.07) is 30.8. The molecule has 5 aromatic rings. The van der Waals surface area contributed by atoms with E-state index in [-0.39, 0.29) is 0 Å². The average Bonchev–Trinajstić information content (AvgIpc) is 3.01. The molecule has 5 rings (SSSR count). The van der Waals surface area contributed by atoms with E-state index in [2.05, 4.69) is 96.4 Å². The van der Waals surface area contributed by atoms with Crippen LogP contribution in [0.15, 0.2) is 84.9 Å². The van der Waals surface area contributed by atoms with E-state index in [1.807, 2.05) is 0 Å². The highest BCUT2D eigenvalue weighted by Gasteiger charge is 2.12. The highest BCUT2D eigenvalue weighted by atomic mass is 15.0. The second-order valence-corrected chi connectivity index (χ2v) is 6.59. The zero-order valence-electron chi connectivity index (χ0n) is 14.2. The third kappa shape index (κ3) is 2.16. The summed E-state index contributed by atoms with van der Waals surface area (Å²) in [4.78, 5) is 0. The maximum absolute atomic E-state index is 2.39. The van der Waals surface area contributed by atoms with Gasteiger partial charge in [0.15, 0.2) is 0 Å². The van der Waals surface area contributed by atoms with Gasteiger partial charge in [0.05, 0.1) is 11.0 Å². The van der Waals surface area contributed by atoms with Crippen molar-refractivity contribution in [3.8, 4) is 5.69 Å². The van der Waals surface area contributed by atoms with Crippen LogP contribution in [-0.4, -0.2) is 4.57 Å². The van der Waals surface area contributed by atoms with Crippen LogP contribution in [0.3, 0.4) is 0 Å². The number of nitrogens with zero attached hydrogens (tertiary/aromatic N) is 1. The van der Waals surface area contributed by atoms with E-state index in [0.717, 1.165) is 6.42 Å². The van der Waals surface area contributed by atoms with Crippen LogP contribution in [0.1, 0.15) is 12.5 Å². The lowest BCUT2D eigenvalue weighted by Gasteiger charge is -2.09. The molecule has 0 fully saturated rings. The number of para-hydroxylation sites is 1. The summed E-state index contributed by atoms with van der Waals surface area (Å²) in [6.07, 6.45) is 1.06. The Labute approximate surface area is 147 Å². The molecule has 0 aliphatic carbocycles. The molecule has 0 atom stereocenters. The Kier molecular flexibility index (Phi) is 3.14. The summed E-state index contributed by atoms with van der Waals surface area (Å²) in [7, 11) is 0. The number of fused-ring (bicyclic) bond motifs is 4. The molecule has 0 spiro atoms. The van der Waals surface area contributed by atoms with E-state index in [9.17, 15) is 0 Å². The van der Waals surface area contributed by atoms with Crippen molar-refractivity contribution in [2.24, 2.45) is 0 Å². The Hall–Kier alpha value is -3.06. The topological polar surface area (TPSA) is 4.93 Å². The molecule has 0 N–H and O–H groups in total. The molecule has 0 unspecified atom stereocenters. The first kappa shape index (κ1) is 14.3. The van der Waals surface area contributed by atoms with E-state index in [1.54, 1.807) is 0 Å². The van der Waals surface area contributed by atoms with Crippen LogP contribution >= 0.6 is 0 Å². The summed E-state index contributed by atoms with van der Waals surface area (Å²) < 4.78 is 2.39. The molecule has 1 heteroatoms. The first-order valence-corrected chi connectivity index (χ1v) is 8.86. The molecule has 0 saturated carbocycles. The van der Waals surface area contributed by atoms with Gasteiger partial charge in [-0.2, -0.15) is 0 Å². The van der Waals surface area contributed by atoms with Gasteiger partial charge in [-0.3, -0.25) is 0 Å². The summed E-state index contributed by atoms with van der Waals surface area (Å²) in [6.45, 7) is 2.21. The van der Waals surface area contributed by atoms with Crippen molar-refractivity contribution in [3.05, 3.63) is 90.5 Å². The van der Waals surface area contributed by atoms with Crippen LogP contribution < -0.4 is 0 Å². The molecule has 0 radical (unpaired) electrons. The van der Waals surface area contributed by atoms with E-state index in [4.69, 9.17) is 0 Å². The first-order valence-electron chi connectivity index (χ1n) is 8.86. The molecule has 1 aromatic heterocycles. The number of benzene rings is 4. The Balaban J connectivity index is 1.89. The zero-order chi connectivity index (χ0) is 16.8. The van der Waals surface area contributed by atoms with Crippen molar-refractivity contribution >= 4 is 32.6 Å². The monoisotopic (exact) mass is 321 g/mol. The Morgan fingerprint density at radius 1 is 0.640 bits per heavy atom. The van der Waals surface area contributed by atoms with Crippen LogP contribution in [-0.2, 0) is 6.42 Å². The van der Waals surface area contributed by atoms with Gasteiger partial charge < -0.3 is 4.57 Å². The van der Waals surface area contributed by atoms with Crippen LogP contribution in [0.4, 0.5) is 0 Å². The maximum atomic E-state index is 2.39. The fourth-order valence-corrected chi connectivity index (χ4v) is 3.83. The second kappa shape index (κ2) is 5.49. The lowest BCUT2D eigenvalue weighted by molar-refractivity contribution is 1.14. The summed E-state index contributed by atoms with van der Waals surface area (Å²) in [5, 5.41) is 5.21. The standard InChI is InChI=1S/C24H19N/c1-2-17-11-14-24-22(15-17)21-9-5-6-10-23(21)25(24)20-13-12-18-7-3-4-8-19(18)16-20/h3-16H,2H2,1H3. The van der Waals surface area contributed by atoms with Crippen molar-refractivity contribution in [1.82, 2.24) is 4.57 Å². The van der Waals surface area contributed by atoms with Gasteiger partial charge in [-0.05, 0) is 53.1 Å². The molecule has 4 aromatic carbocycles. The number of rotatable bonds is 2. The zero-order valence-corrected chi connectivity index (χ0v) is 14.2. The van der Waals surface area contributed by atoms with E-state index in [0.29, 0.717) is 0 Å². The largest absolute Gasteiger partial charge is 0.309 e. The Bertz CT molecular complexity index is 1230. The summed E-state index contributed by atoms with van der Waals surface area (Å²) >= 11 is 0. The molecule has 0 amide bonds. The predicted molar refractivity (Wildman–Crippen MR) is 108 cm³/mol. The SMILES string of the molecule is CCc1ccc2c(c1)c1ccccc1n2-c1ccc2ccccc2c1.